The first-order chi connectivity index (χ1) is 12.1. The molecule has 3 aromatic rings. The standard InChI is InChI=1S/C20H20N2O3/c1-24-15-5-6-17(21)18(10-15)22-20(23)9-14-11-25-19-8-13-4-2-3-12(13)7-16(14)19/h5-8,10-11H,2-4,9,21H2,1H3,(H,22,23). The van der Waals surface area contributed by atoms with E-state index in [0.29, 0.717) is 17.1 Å². The van der Waals surface area contributed by atoms with Crippen LogP contribution in [0.4, 0.5) is 11.4 Å². The van der Waals surface area contributed by atoms with E-state index in [9.17, 15) is 4.79 Å². The molecule has 0 spiro atoms. The van der Waals surface area contributed by atoms with Gasteiger partial charge in [0.15, 0.2) is 0 Å². The largest absolute Gasteiger partial charge is 0.497 e. The highest BCUT2D eigenvalue weighted by Crippen LogP contribution is 2.31. The molecule has 0 aliphatic heterocycles. The number of aryl methyl sites for hydroxylation is 2. The predicted octanol–water partition coefficient (Wildman–Crippen LogP) is 3.69. The molecule has 1 aromatic heterocycles. The molecule has 5 heteroatoms. The number of amides is 1. The Morgan fingerprint density at radius 1 is 1.24 bits per heavy atom. The summed E-state index contributed by atoms with van der Waals surface area (Å²) in [5, 5.41) is 3.88. The molecule has 0 unspecified atom stereocenters. The number of anilines is 2. The second kappa shape index (κ2) is 6.16. The Labute approximate surface area is 145 Å². The van der Waals surface area contributed by atoms with Crippen LogP contribution >= 0.6 is 0 Å². The van der Waals surface area contributed by atoms with E-state index in [4.69, 9.17) is 14.9 Å². The van der Waals surface area contributed by atoms with Gasteiger partial charge in [-0.25, -0.2) is 0 Å². The van der Waals surface area contributed by atoms with Crippen LogP contribution in [0.2, 0.25) is 0 Å². The number of hydrogen-bond acceptors (Lipinski definition) is 4. The normalized spacial score (nSPS) is 13.0. The number of rotatable bonds is 4. The van der Waals surface area contributed by atoms with Crippen molar-refractivity contribution >= 4 is 28.3 Å². The molecule has 1 aliphatic carbocycles. The maximum atomic E-state index is 12.5. The summed E-state index contributed by atoms with van der Waals surface area (Å²) in [4.78, 5) is 12.5. The number of ether oxygens (including phenoxy) is 1. The van der Waals surface area contributed by atoms with Crippen LogP contribution in [-0.4, -0.2) is 13.0 Å². The Morgan fingerprint density at radius 2 is 2.04 bits per heavy atom. The number of nitrogens with two attached hydrogens (primary N) is 1. The van der Waals surface area contributed by atoms with Crippen LogP contribution in [-0.2, 0) is 24.1 Å². The zero-order valence-corrected chi connectivity index (χ0v) is 14.1. The van der Waals surface area contributed by atoms with Crippen LogP contribution in [0.1, 0.15) is 23.1 Å². The van der Waals surface area contributed by atoms with Gasteiger partial charge in [-0.3, -0.25) is 4.79 Å². The van der Waals surface area contributed by atoms with Gasteiger partial charge in [0.25, 0.3) is 0 Å². The molecule has 0 radical (unpaired) electrons. The number of nitrogen functional groups attached to an aromatic ring is 1. The molecule has 0 saturated heterocycles. The highest BCUT2D eigenvalue weighted by Gasteiger charge is 2.17. The molecule has 0 atom stereocenters. The molecule has 2 aromatic carbocycles. The second-order valence-corrected chi connectivity index (χ2v) is 6.41. The van der Waals surface area contributed by atoms with Gasteiger partial charge in [-0.1, -0.05) is 0 Å². The molecule has 5 nitrogen and oxygen atoms in total. The van der Waals surface area contributed by atoms with Gasteiger partial charge in [0.1, 0.15) is 11.3 Å². The number of benzene rings is 2. The molecule has 1 amide bonds. The molecule has 3 N–H and O–H groups in total. The lowest BCUT2D eigenvalue weighted by Crippen LogP contribution is -2.15. The zero-order valence-electron chi connectivity index (χ0n) is 14.1. The van der Waals surface area contributed by atoms with Crippen LogP contribution in [0, 0.1) is 0 Å². The van der Waals surface area contributed by atoms with Crippen molar-refractivity contribution in [2.24, 2.45) is 0 Å². The summed E-state index contributed by atoms with van der Waals surface area (Å²) in [6, 6.07) is 9.47. The van der Waals surface area contributed by atoms with Crippen molar-refractivity contribution in [2.75, 3.05) is 18.2 Å². The number of carbonyl (C=O) groups is 1. The summed E-state index contributed by atoms with van der Waals surface area (Å²) in [6.45, 7) is 0. The highest BCUT2D eigenvalue weighted by molar-refractivity contribution is 5.97. The van der Waals surface area contributed by atoms with Gasteiger partial charge in [0, 0.05) is 17.0 Å². The maximum absolute atomic E-state index is 12.5. The zero-order chi connectivity index (χ0) is 17.4. The average Bonchev–Trinajstić information content (AvgIpc) is 3.21. The van der Waals surface area contributed by atoms with E-state index >= 15 is 0 Å². The lowest BCUT2D eigenvalue weighted by Gasteiger charge is -2.09. The number of furan rings is 1. The molecule has 0 fully saturated rings. The first kappa shape index (κ1) is 15.6. The van der Waals surface area contributed by atoms with E-state index in [0.717, 1.165) is 29.4 Å². The van der Waals surface area contributed by atoms with E-state index < -0.39 is 0 Å². The van der Waals surface area contributed by atoms with Crippen LogP contribution in [0.15, 0.2) is 41.0 Å². The molecule has 1 aliphatic rings. The van der Waals surface area contributed by atoms with E-state index in [1.807, 2.05) is 0 Å². The fourth-order valence-corrected chi connectivity index (χ4v) is 3.42. The number of carbonyl (C=O) groups excluding carboxylic acids is 1. The molecule has 25 heavy (non-hydrogen) atoms. The van der Waals surface area contributed by atoms with E-state index in [2.05, 4.69) is 17.4 Å². The molecule has 0 saturated carbocycles. The Balaban J connectivity index is 1.56. The Bertz CT molecular complexity index is 959. The van der Waals surface area contributed by atoms with Crippen molar-refractivity contribution in [3.05, 3.63) is 53.3 Å². The van der Waals surface area contributed by atoms with E-state index in [-0.39, 0.29) is 12.3 Å². The number of methoxy groups -OCH3 is 1. The molecule has 128 valence electrons. The summed E-state index contributed by atoms with van der Waals surface area (Å²) in [5.41, 5.74) is 11.5. The third-order valence-corrected chi connectivity index (χ3v) is 4.75. The monoisotopic (exact) mass is 336 g/mol. The van der Waals surface area contributed by atoms with Crippen LogP contribution in [0.3, 0.4) is 0 Å². The Morgan fingerprint density at radius 3 is 2.84 bits per heavy atom. The quantitative estimate of drug-likeness (QED) is 0.712. The molecular weight excluding hydrogens is 316 g/mol. The third kappa shape index (κ3) is 2.93. The summed E-state index contributed by atoms with van der Waals surface area (Å²) >= 11 is 0. The predicted molar refractivity (Wildman–Crippen MR) is 98.0 cm³/mol. The summed E-state index contributed by atoms with van der Waals surface area (Å²) in [7, 11) is 1.58. The molecule has 0 bridgehead atoms. The lowest BCUT2D eigenvalue weighted by molar-refractivity contribution is -0.115. The Hall–Kier alpha value is -2.95. The summed E-state index contributed by atoms with van der Waals surface area (Å²) < 4.78 is 10.8. The Kier molecular flexibility index (Phi) is 3.84. The maximum Gasteiger partial charge on any atom is 0.228 e. The van der Waals surface area contributed by atoms with E-state index in [1.165, 1.54) is 17.5 Å². The SMILES string of the molecule is COc1ccc(N)c(NC(=O)Cc2coc3cc4c(cc23)CCC4)c1. The van der Waals surface area contributed by atoms with Gasteiger partial charge in [0.2, 0.25) is 5.91 Å². The minimum absolute atomic E-state index is 0.136. The smallest absolute Gasteiger partial charge is 0.228 e. The first-order valence-electron chi connectivity index (χ1n) is 8.39. The van der Waals surface area contributed by atoms with Crippen molar-refractivity contribution in [1.82, 2.24) is 0 Å². The fraction of sp³-hybridized carbons (Fsp3) is 0.250. The third-order valence-electron chi connectivity index (χ3n) is 4.75. The van der Waals surface area contributed by atoms with Crippen molar-refractivity contribution in [1.29, 1.82) is 0 Å². The minimum Gasteiger partial charge on any atom is -0.497 e. The number of fused-ring (bicyclic) bond motifs is 2. The topological polar surface area (TPSA) is 77.5 Å². The summed E-state index contributed by atoms with van der Waals surface area (Å²) in [6.07, 6.45) is 5.31. The van der Waals surface area contributed by atoms with Gasteiger partial charge in [-0.15, -0.1) is 0 Å². The average molecular weight is 336 g/mol. The van der Waals surface area contributed by atoms with Crippen LogP contribution in [0.25, 0.3) is 11.0 Å². The van der Waals surface area contributed by atoms with Crippen molar-refractivity contribution in [2.45, 2.75) is 25.7 Å². The van der Waals surface area contributed by atoms with E-state index in [1.54, 1.807) is 31.6 Å². The fourth-order valence-electron chi connectivity index (χ4n) is 3.42. The van der Waals surface area contributed by atoms with Gasteiger partial charge in [-0.2, -0.15) is 0 Å². The molecule has 1 heterocycles. The van der Waals surface area contributed by atoms with Gasteiger partial charge >= 0.3 is 0 Å². The van der Waals surface area contributed by atoms with Crippen molar-refractivity contribution < 1.29 is 13.9 Å². The first-order valence-corrected chi connectivity index (χ1v) is 8.39. The lowest BCUT2D eigenvalue weighted by atomic mass is 10.0. The van der Waals surface area contributed by atoms with Crippen molar-refractivity contribution in [3.8, 4) is 5.75 Å². The second-order valence-electron chi connectivity index (χ2n) is 6.41. The number of hydrogen-bond donors (Lipinski definition) is 2. The highest BCUT2D eigenvalue weighted by atomic mass is 16.5. The van der Waals surface area contributed by atoms with Gasteiger partial charge in [0.05, 0.1) is 31.2 Å². The van der Waals surface area contributed by atoms with Crippen LogP contribution in [0.5, 0.6) is 5.75 Å². The summed E-state index contributed by atoms with van der Waals surface area (Å²) in [5.74, 6) is 0.511. The van der Waals surface area contributed by atoms with Gasteiger partial charge < -0.3 is 20.2 Å². The van der Waals surface area contributed by atoms with Crippen LogP contribution < -0.4 is 15.8 Å². The molecule has 4 rings (SSSR count). The van der Waals surface area contributed by atoms with Crippen molar-refractivity contribution in [3.63, 3.8) is 0 Å². The minimum atomic E-state index is -0.136. The molecular formula is C20H20N2O3. The number of nitrogens with one attached hydrogen (secondary N) is 1. The van der Waals surface area contributed by atoms with Gasteiger partial charge in [-0.05, 0) is 54.7 Å².